The van der Waals surface area contributed by atoms with Gasteiger partial charge in [-0.3, -0.25) is 15.0 Å². The Hall–Kier alpha value is -2.55. The largest absolute Gasteiger partial charge is 0.473 e. The maximum Gasteiger partial charge on any atom is 0.275 e. The Morgan fingerprint density at radius 2 is 2.13 bits per heavy atom. The molecule has 0 spiro atoms. The molecule has 2 N–H and O–H groups in total. The summed E-state index contributed by atoms with van der Waals surface area (Å²) in [5, 5.41) is 6.62. The van der Waals surface area contributed by atoms with Crippen molar-refractivity contribution in [2.45, 2.75) is 43.4 Å². The van der Waals surface area contributed by atoms with Gasteiger partial charge in [-0.25, -0.2) is 9.97 Å². The van der Waals surface area contributed by atoms with Crippen molar-refractivity contribution in [1.29, 1.82) is 0 Å². The molecule has 8 heteroatoms. The molecule has 2 saturated heterocycles. The first-order valence-electron chi connectivity index (χ1n) is 11.1. The Bertz CT molecular complexity index is 915. The zero-order valence-electron chi connectivity index (χ0n) is 17.8. The van der Waals surface area contributed by atoms with Gasteiger partial charge in [0, 0.05) is 25.1 Å². The van der Waals surface area contributed by atoms with Crippen LogP contribution < -0.4 is 15.4 Å². The minimum atomic E-state index is -0.240. The molecule has 0 bridgehead atoms. The lowest BCUT2D eigenvalue weighted by molar-refractivity contribution is 0.0916. The van der Waals surface area contributed by atoms with E-state index in [-0.39, 0.29) is 29.9 Å². The molecule has 1 aromatic heterocycles. The molecule has 3 atom stereocenters. The van der Waals surface area contributed by atoms with Crippen LogP contribution in [0.2, 0.25) is 0 Å². The number of carbonyl (C=O) groups is 1. The van der Waals surface area contributed by atoms with Gasteiger partial charge < -0.3 is 14.8 Å². The highest BCUT2D eigenvalue weighted by Gasteiger charge is 2.32. The Balaban J connectivity index is 1.27. The minimum absolute atomic E-state index is 0.0148. The number of carbonyl (C=O) groups excluding carboxylic acids is 1. The lowest BCUT2D eigenvalue weighted by Gasteiger charge is -2.20. The summed E-state index contributed by atoms with van der Waals surface area (Å²) in [6.45, 7) is 2.48. The number of amides is 1. The van der Waals surface area contributed by atoms with E-state index in [1.165, 1.54) is 5.56 Å². The predicted octanol–water partition coefficient (Wildman–Crippen LogP) is 1.85. The van der Waals surface area contributed by atoms with E-state index >= 15 is 0 Å². The summed E-state index contributed by atoms with van der Waals surface area (Å²) in [4.78, 5) is 24.3. The molecule has 1 aromatic carbocycles. The van der Waals surface area contributed by atoms with Crippen LogP contribution in [-0.2, 0) is 4.74 Å². The number of nitrogens with one attached hydrogen (secondary N) is 2. The average molecular weight is 424 g/mol. The van der Waals surface area contributed by atoms with Gasteiger partial charge in [0.1, 0.15) is 6.61 Å². The van der Waals surface area contributed by atoms with E-state index < -0.39 is 0 Å². The highest BCUT2D eigenvalue weighted by molar-refractivity contribution is 5.94. The van der Waals surface area contributed by atoms with Crippen LogP contribution in [0.25, 0.3) is 0 Å². The highest BCUT2D eigenvalue weighted by atomic mass is 16.5. The molecule has 164 valence electrons. The first kappa shape index (κ1) is 20.4. The molecule has 2 aromatic rings. The molecule has 5 rings (SSSR count). The lowest BCUT2D eigenvalue weighted by atomic mass is 10.1. The summed E-state index contributed by atoms with van der Waals surface area (Å²) in [5.41, 5.74) is 2.40. The standard InChI is InChI=1S/C23H29N5O3/c1-28-12-19(15-5-3-2-4-6-15)26-20(28)14-31-23-21(22(29)25-17-9-10-30-13-17)27-18(11-24-23)16-7-8-16/h2-6,11,16-17,19-20,26H,7-10,12-14H2,1H3,(H,25,29)/t17-,19?,20?/m0/s1. The number of hydrogen-bond acceptors (Lipinski definition) is 7. The third-order valence-electron chi connectivity index (χ3n) is 6.21. The van der Waals surface area contributed by atoms with E-state index in [1.54, 1.807) is 6.20 Å². The van der Waals surface area contributed by atoms with E-state index in [2.05, 4.69) is 56.8 Å². The first-order chi connectivity index (χ1) is 15.2. The number of hydrogen-bond donors (Lipinski definition) is 2. The fourth-order valence-corrected chi connectivity index (χ4v) is 4.17. The summed E-state index contributed by atoms with van der Waals surface area (Å²) < 4.78 is 11.4. The first-order valence-corrected chi connectivity index (χ1v) is 11.1. The zero-order chi connectivity index (χ0) is 21.2. The summed E-state index contributed by atoms with van der Waals surface area (Å²) in [6.07, 6.45) is 4.79. The number of likely N-dealkylation sites (N-methyl/N-ethyl adjacent to an activating group) is 1. The van der Waals surface area contributed by atoms with Gasteiger partial charge >= 0.3 is 0 Å². The quantitative estimate of drug-likeness (QED) is 0.703. The van der Waals surface area contributed by atoms with Crippen molar-refractivity contribution in [2.24, 2.45) is 0 Å². The number of benzene rings is 1. The summed E-state index contributed by atoms with van der Waals surface area (Å²) >= 11 is 0. The van der Waals surface area contributed by atoms with Crippen molar-refractivity contribution in [1.82, 2.24) is 25.5 Å². The molecule has 2 aliphatic heterocycles. The summed E-state index contributed by atoms with van der Waals surface area (Å²) in [6, 6.07) is 10.7. The van der Waals surface area contributed by atoms with Crippen LogP contribution in [0.1, 0.15) is 53.0 Å². The van der Waals surface area contributed by atoms with Crippen molar-refractivity contribution < 1.29 is 14.3 Å². The van der Waals surface area contributed by atoms with Crippen LogP contribution in [0.15, 0.2) is 36.5 Å². The van der Waals surface area contributed by atoms with Crippen molar-refractivity contribution in [2.75, 3.05) is 33.4 Å². The van der Waals surface area contributed by atoms with Gasteiger partial charge in [-0.2, -0.15) is 0 Å². The number of aromatic nitrogens is 2. The second kappa shape index (κ2) is 8.90. The van der Waals surface area contributed by atoms with E-state index in [4.69, 9.17) is 9.47 Å². The monoisotopic (exact) mass is 423 g/mol. The fourth-order valence-electron chi connectivity index (χ4n) is 4.17. The second-order valence-electron chi connectivity index (χ2n) is 8.65. The van der Waals surface area contributed by atoms with Crippen LogP contribution >= 0.6 is 0 Å². The van der Waals surface area contributed by atoms with Crippen LogP contribution in [0.4, 0.5) is 0 Å². The molecule has 1 saturated carbocycles. The van der Waals surface area contributed by atoms with E-state index in [0.29, 0.717) is 31.6 Å². The minimum Gasteiger partial charge on any atom is -0.473 e. The van der Waals surface area contributed by atoms with Gasteiger partial charge in [-0.1, -0.05) is 30.3 Å². The van der Waals surface area contributed by atoms with Crippen LogP contribution in [0.3, 0.4) is 0 Å². The maximum absolute atomic E-state index is 12.9. The van der Waals surface area contributed by atoms with Crippen molar-refractivity contribution in [3.05, 3.63) is 53.5 Å². The van der Waals surface area contributed by atoms with Crippen LogP contribution in [-0.4, -0.2) is 66.4 Å². The lowest BCUT2D eigenvalue weighted by Crippen LogP contribution is -2.39. The molecule has 1 aliphatic carbocycles. The Morgan fingerprint density at radius 1 is 1.29 bits per heavy atom. The number of rotatable bonds is 7. The normalized spacial score (nSPS) is 26.2. The highest BCUT2D eigenvalue weighted by Crippen LogP contribution is 2.39. The summed E-state index contributed by atoms with van der Waals surface area (Å²) in [7, 11) is 2.07. The molecular formula is C23H29N5O3. The van der Waals surface area contributed by atoms with E-state index in [1.807, 2.05) is 6.07 Å². The van der Waals surface area contributed by atoms with Crippen LogP contribution in [0.5, 0.6) is 5.88 Å². The molecule has 8 nitrogen and oxygen atoms in total. The van der Waals surface area contributed by atoms with E-state index in [9.17, 15) is 4.79 Å². The molecule has 3 aliphatic rings. The van der Waals surface area contributed by atoms with Gasteiger partial charge in [0.15, 0.2) is 5.69 Å². The van der Waals surface area contributed by atoms with E-state index in [0.717, 1.165) is 31.5 Å². The number of nitrogens with zero attached hydrogens (tertiary/aromatic N) is 3. The topological polar surface area (TPSA) is 88.6 Å². The van der Waals surface area contributed by atoms with Gasteiger partial charge in [0.25, 0.3) is 5.91 Å². The van der Waals surface area contributed by atoms with Crippen molar-refractivity contribution in [3.63, 3.8) is 0 Å². The summed E-state index contributed by atoms with van der Waals surface area (Å²) in [5.74, 6) is 0.465. The SMILES string of the molecule is CN1CC(c2ccccc2)NC1COc1ncc(C2CC2)nc1C(=O)N[C@H]1CCOC1. The average Bonchev–Trinajstić information content (AvgIpc) is 3.40. The molecule has 31 heavy (non-hydrogen) atoms. The Kier molecular flexibility index (Phi) is 5.85. The molecule has 1 amide bonds. The van der Waals surface area contributed by atoms with Crippen molar-refractivity contribution in [3.8, 4) is 5.88 Å². The third kappa shape index (κ3) is 4.71. The predicted molar refractivity (Wildman–Crippen MR) is 115 cm³/mol. The van der Waals surface area contributed by atoms with Gasteiger partial charge in [0.2, 0.25) is 5.88 Å². The number of ether oxygens (including phenoxy) is 2. The molecular weight excluding hydrogens is 394 g/mol. The molecule has 3 fully saturated rings. The van der Waals surface area contributed by atoms with Gasteiger partial charge in [-0.05, 0) is 31.9 Å². The molecule has 2 unspecified atom stereocenters. The fraction of sp³-hybridized carbons (Fsp3) is 0.522. The van der Waals surface area contributed by atoms with Gasteiger partial charge in [-0.15, -0.1) is 0 Å². The maximum atomic E-state index is 12.9. The Labute approximate surface area is 182 Å². The van der Waals surface area contributed by atoms with Crippen LogP contribution in [0, 0.1) is 0 Å². The zero-order valence-corrected chi connectivity index (χ0v) is 17.8. The Morgan fingerprint density at radius 3 is 2.87 bits per heavy atom. The smallest absolute Gasteiger partial charge is 0.275 e. The van der Waals surface area contributed by atoms with Gasteiger partial charge in [0.05, 0.1) is 30.7 Å². The third-order valence-corrected chi connectivity index (χ3v) is 6.21. The molecule has 0 radical (unpaired) electrons. The van der Waals surface area contributed by atoms with Crippen molar-refractivity contribution >= 4 is 5.91 Å². The molecule has 3 heterocycles. The second-order valence-corrected chi connectivity index (χ2v) is 8.65.